The van der Waals surface area contributed by atoms with Gasteiger partial charge in [-0.3, -0.25) is 4.79 Å². The molecule has 21 heavy (non-hydrogen) atoms. The van der Waals surface area contributed by atoms with E-state index in [1.165, 1.54) is 24.3 Å². The molecule has 0 saturated carbocycles. The lowest BCUT2D eigenvalue weighted by atomic mass is 9.92. The number of halogens is 1. The van der Waals surface area contributed by atoms with Crippen molar-refractivity contribution in [3.8, 4) is 0 Å². The van der Waals surface area contributed by atoms with Gasteiger partial charge in [0.25, 0.3) is 0 Å². The Labute approximate surface area is 123 Å². The number of hydrogen-bond acceptors (Lipinski definition) is 4. The van der Waals surface area contributed by atoms with Crippen molar-refractivity contribution in [1.29, 1.82) is 0 Å². The highest BCUT2D eigenvalue weighted by atomic mass is 19.1. The third kappa shape index (κ3) is 4.91. The lowest BCUT2D eigenvalue weighted by molar-refractivity contribution is -0.129. The molecule has 0 aromatic heterocycles. The molecule has 0 aliphatic heterocycles. The molecule has 4 N–H and O–H groups in total. The quantitative estimate of drug-likeness (QED) is 0.611. The highest BCUT2D eigenvalue weighted by molar-refractivity contribution is 5.86. The first kappa shape index (κ1) is 17.3. The lowest BCUT2D eigenvalue weighted by Gasteiger charge is -2.28. The summed E-state index contributed by atoms with van der Waals surface area (Å²) in [7, 11) is 0. The summed E-state index contributed by atoms with van der Waals surface area (Å²) in [5.74, 6) is -0.881. The van der Waals surface area contributed by atoms with Gasteiger partial charge < -0.3 is 21.0 Å². The topological polar surface area (TPSA) is 92.4 Å². The van der Waals surface area contributed by atoms with Gasteiger partial charge in [0.15, 0.2) is 0 Å². The third-order valence-electron chi connectivity index (χ3n) is 3.25. The van der Waals surface area contributed by atoms with Crippen molar-refractivity contribution in [3.05, 3.63) is 35.6 Å². The summed E-state index contributed by atoms with van der Waals surface area (Å²) in [6.45, 7) is 1.34. The number of carbonyl (C=O) groups is 2. The van der Waals surface area contributed by atoms with Gasteiger partial charge >= 0.3 is 0 Å². The predicted molar refractivity (Wildman–Crippen MR) is 77.0 cm³/mol. The van der Waals surface area contributed by atoms with Crippen LogP contribution in [0.4, 0.5) is 4.39 Å². The molecule has 6 heteroatoms. The Kier molecular flexibility index (Phi) is 6.45. The molecule has 0 bridgehead atoms. The van der Waals surface area contributed by atoms with E-state index in [0.717, 1.165) is 6.42 Å². The maximum Gasteiger partial charge on any atom is 0.237 e. The number of aliphatic hydroxyl groups excluding tert-OH is 1. The zero-order valence-corrected chi connectivity index (χ0v) is 12.0. The van der Waals surface area contributed by atoms with Crippen LogP contribution in [0.3, 0.4) is 0 Å². The molecule has 0 radical (unpaired) electrons. The highest BCUT2D eigenvalue weighted by Crippen LogP contribution is 2.13. The summed E-state index contributed by atoms with van der Waals surface area (Å²) in [6, 6.07) is 4.79. The van der Waals surface area contributed by atoms with Crippen LogP contribution in [0, 0.1) is 5.82 Å². The third-order valence-corrected chi connectivity index (χ3v) is 3.25. The minimum atomic E-state index is -1.44. The molecule has 116 valence electrons. The molecule has 0 spiro atoms. The van der Waals surface area contributed by atoms with E-state index in [9.17, 15) is 19.1 Å². The van der Waals surface area contributed by atoms with Gasteiger partial charge in [-0.25, -0.2) is 4.39 Å². The number of benzene rings is 1. The Bertz CT molecular complexity index is 478. The second-order valence-corrected chi connectivity index (χ2v) is 5.12. The van der Waals surface area contributed by atoms with Crippen molar-refractivity contribution in [2.45, 2.75) is 37.8 Å². The zero-order valence-electron chi connectivity index (χ0n) is 12.0. The van der Waals surface area contributed by atoms with E-state index in [2.05, 4.69) is 5.32 Å². The Balaban J connectivity index is 2.84. The van der Waals surface area contributed by atoms with Crippen LogP contribution in [0.2, 0.25) is 0 Å². The van der Waals surface area contributed by atoms with Crippen LogP contribution in [0.1, 0.15) is 25.3 Å². The first-order valence-corrected chi connectivity index (χ1v) is 6.85. The number of nitrogens with two attached hydrogens (primary N) is 1. The standard InChI is InChI=1S/C15H21FN2O3/c1-2-3-13(17)14(21)18-15(9-19,10-20)8-11-4-6-12(16)7-5-11/h4-7,9,13,20H,2-3,8,10,17H2,1H3,(H,18,21). The molecule has 1 aromatic carbocycles. The molecule has 0 heterocycles. The molecule has 1 rings (SSSR count). The van der Waals surface area contributed by atoms with E-state index in [-0.39, 0.29) is 6.42 Å². The van der Waals surface area contributed by atoms with E-state index in [0.29, 0.717) is 18.3 Å². The summed E-state index contributed by atoms with van der Waals surface area (Å²) in [5, 5.41) is 12.0. The smallest absolute Gasteiger partial charge is 0.237 e. The van der Waals surface area contributed by atoms with Gasteiger partial charge in [0.1, 0.15) is 17.6 Å². The minimum Gasteiger partial charge on any atom is -0.393 e. The molecule has 0 fully saturated rings. The number of aldehydes is 1. The van der Waals surface area contributed by atoms with Gasteiger partial charge in [0.05, 0.1) is 12.6 Å². The second-order valence-electron chi connectivity index (χ2n) is 5.12. The molecule has 0 aliphatic rings. The van der Waals surface area contributed by atoms with E-state index in [4.69, 9.17) is 5.73 Å². The van der Waals surface area contributed by atoms with Crippen molar-refractivity contribution in [1.82, 2.24) is 5.32 Å². The van der Waals surface area contributed by atoms with Crippen LogP contribution in [0.5, 0.6) is 0 Å². The van der Waals surface area contributed by atoms with Crippen LogP contribution >= 0.6 is 0 Å². The minimum absolute atomic E-state index is 0.0673. The van der Waals surface area contributed by atoms with Gasteiger partial charge in [0, 0.05) is 6.42 Å². The highest BCUT2D eigenvalue weighted by Gasteiger charge is 2.32. The molecule has 0 saturated heterocycles. The summed E-state index contributed by atoms with van der Waals surface area (Å²) >= 11 is 0. The van der Waals surface area contributed by atoms with Crippen molar-refractivity contribution in [3.63, 3.8) is 0 Å². The molecule has 5 nitrogen and oxygen atoms in total. The van der Waals surface area contributed by atoms with Crippen LogP contribution in [0.15, 0.2) is 24.3 Å². The monoisotopic (exact) mass is 296 g/mol. The summed E-state index contributed by atoms with van der Waals surface area (Å²) in [5.41, 5.74) is 4.88. The second kappa shape index (κ2) is 7.85. The van der Waals surface area contributed by atoms with Gasteiger partial charge in [-0.05, 0) is 24.1 Å². The molecule has 2 atom stereocenters. The lowest BCUT2D eigenvalue weighted by Crippen LogP contribution is -2.58. The summed E-state index contributed by atoms with van der Waals surface area (Å²) in [4.78, 5) is 23.3. The fourth-order valence-electron chi connectivity index (χ4n) is 1.99. The average Bonchev–Trinajstić information content (AvgIpc) is 2.49. The number of nitrogens with one attached hydrogen (secondary N) is 1. The maximum atomic E-state index is 12.9. The van der Waals surface area contributed by atoms with Gasteiger partial charge in [-0.1, -0.05) is 25.5 Å². The molecular weight excluding hydrogens is 275 g/mol. The van der Waals surface area contributed by atoms with Crippen LogP contribution in [-0.2, 0) is 16.0 Å². The van der Waals surface area contributed by atoms with E-state index in [1.807, 2.05) is 6.92 Å². The van der Waals surface area contributed by atoms with E-state index < -0.39 is 29.9 Å². The first-order valence-electron chi connectivity index (χ1n) is 6.85. The fraction of sp³-hybridized carbons (Fsp3) is 0.467. The van der Waals surface area contributed by atoms with E-state index >= 15 is 0 Å². The SMILES string of the molecule is CCCC(N)C(=O)NC(C=O)(CO)Cc1ccc(F)cc1. The Morgan fingerprint density at radius 3 is 2.57 bits per heavy atom. The molecule has 0 aliphatic carbocycles. The predicted octanol–water partition coefficient (Wildman–Crippen LogP) is 0.542. The summed E-state index contributed by atoms with van der Waals surface area (Å²) < 4.78 is 12.9. The van der Waals surface area contributed by atoms with Gasteiger partial charge in [-0.2, -0.15) is 0 Å². The Morgan fingerprint density at radius 2 is 2.10 bits per heavy atom. The normalized spacial score (nSPS) is 15.0. The Morgan fingerprint density at radius 1 is 1.48 bits per heavy atom. The first-order chi connectivity index (χ1) is 9.96. The van der Waals surface area contributed by atoms with Crippen LogP contribution in [0.25, 0.3) is 0 Å². The Hall–Kier alpha value is -1.79. The zero-order chi connectivity index (χ0) is 15.9. The summed E-state index contributed by atoms with van der Waals surface area (Å²) in [6.07, 6.45) is 1.79. The van der Waals surface area contributed by atoms with Crippen molar-refractivity contribution in [2.75, 3.05) is 6.61 Å². The average molecular weight is 296 g/mol. The largest absolute Gasteiger partial charge is 0.393 e. The van der Waals surface area contributed by atoms with Crippen molar-refractivity contribution >= 4 is 12.2 Å². The van der Waals surface area contributed by atoms with Crippen LogP contribution in [-0.4, -0.2) is 35.5 Å². The fourth-order valence-corrected chi connectivity index (χ4v) is 1.99. The number of aliphatic hydroxyl groups is 1. The van der Waals surface area contributed by atoms with Gasteiger partial charge in [-0.15, -0.1) is 0 Å². The maximum absolute atomic E-state index is 12.9. The molecule has 2 unspecified atom stereocenters. The van der Waals surface area contributed by atoms with Crippen LogP contribution < -0.4 is 11.1 Å². The number of rotatable bonds is 8. The molecule has 1 aromatic rings. The van der Waals surface area contributed by atoms with E-state index in [1.54, 1.807) is 0 Å². The number of hydrogen-bond donors (Lipinski definition) is 3. The van der Waals surface area contributed by atoms with Crippen molar-refractivity contribution in [2.24, 2.45) is 5.73 Å². The van der Waals surface area contributed by atoms with Crippen molar-refractivity contribution < 1.29 is 19.1 Å². The van der Waals surface area contributed by atoms with Gasteiger partial charge in [0.2, 0.25) is 5.91 Å². The number of carbonyl (C=O) groups excluding carboxylic acids is 2. The molecular formula is C15H21FN2O3. The number of amides is 1. The molecule has 1 amide bonds.